The minimum absolute atomic E-state index is 0.0543. The molecule has 5 nitrogen and oxygen atoms in total. The van der Waals surface area contributed by atoms with E-state index in [1.165, 1.54) is 6.42 Å². The summed E-state index contributed by atoms with van der Waals surface area (Å²) < 4.78 is 2.68. The summed E-state index contributed by atoms with van der Waals surface area (Å²) in [6.07, 6.45) is 8.25. The van der Waals surface area contributed by atoms with Gasteiger partial charge in [0, 0.05) is 5.69 Å². The highest BCUT2D eigenvalue weighted by Crippen LogP contribution is 2.64. The molecule has 1 aromatic heterocycles. The normalized spacial score (nSPS) is 34.0. The van der Waals surface area contributed by atoms with Gasteiger partial charge in [0.05, 0.1) is 11.0 Å². The average Bonchev–Trinajstić information content (AvgIpc) is 3.04. The van der Waals surface area contributed by atoms with Gasteiger partial charge in [-0.15, -0.1) is 5.10 Å². The number of para-hydroxylation sites is 1. The second kappa shape index (κ2) is 5.90. The number of rotatable bonds is 3. The molecule has 0 aliphatic heterocycles. The molecule has 4 bridgehead atoms. The summed E-state index contributed by atoms with van der Waals surface area (Å²) in [5.74, 6) is 1.42. The number of halogens is 1. The number of benzene rings is 1. The molecule has 4 aliphatic carbocycles. The van der Waals surface area contributed by atoms with Crippen LogP contribution in [0.2, 0.25) is 0 Å². The molecule has 6 rings (SSSR count). The van der Waals surface area contributed by atoms with Crippen molar-refractivity contribution in [1.82, 2.24) is 14.8 Å². The number of aryl methyl sites for hydroxylation is 2. The second-order valence-corrected chi connectivity index (χ2v) is 9.85. The van der Waals surface area contributed by atoms with E-state index in [1.807, 2.05) is 12.4 Å². The van der Waals surface area contributed by atoms with Crippen molar-refractivity contribution in [3.63, 3.8) is 0 Å². The van der Waals surface area contributed by atoms with Gasteiger partial charge >= 0.3 is 0 Å². The lowest BCUT2D eigenvalue weighted by Crippen LogP contribution is -2.60. The lowest BCUT2D eigenvalue weighted by molar-refractivity contribution is -0.150. The summed E-state index contributed by atoms with van der Waals surface area (Å²) in [6.45, 7) is 4.13. The van der Waals surface area contributed by atoms with Crippen molar-refractivity contribution in [2.45, 2.75) is 57.9 Å². The Labute approximate surface area is 168 Å². The van der Waals surface area contributed by atoms with Gasteiger partial charge in [0.15, 0.2) is 0 Å². The summed E-state index contributed by atoms with van der Waals surface area (Å²) in [4.78, 5) is 17.9. The van der Waals surface area contributed by atoms with Gasteiger partial charge < -0.3 is 5.32 Å². The van der Waals surface area contributed by atoms with Crippen molar-refractivity contribution in [3.05, 3.63) is 40.4 Å². The molecule has 0 unspecified atom stereocenters. The maximum absolute atomic E-state index is 13.6. The third-order valence-corrected chi connectivity index (χ3v) is 7.54. The average molecular weight is 429 g/mol. The van der Waals surface area contributed by atoms with E-state index >= 15 is 0 Å². The lowest BCUT2D eigenvalue weighted by atomic mass is 9.46. The number of carbonyl (C=O) groups is 1. The fourth-order valence-electron chi connectivity index (χ4n) is 6.48. The van der Waals surface area contributed by atoms with Gasteiger partial charge in [-0.25, -0.2) is 9.67 Å². The van der Waals surface area contributed by atoms with Crippen LogP contribution in [0, 0.1) is 31.1 Å². The summed E-state index contributed by atoms with van der Waals surface area (Å²) in [5, 5.41) is 7.91. The van der Waals surface area contributed by atoms with E-state index in [2.05, 4.69) is 62.0 Å². The van der Waals surface area contributed by atoms with E-state index in [-0.39, 0.29) is 16.9 Å². The zero-order valence-corrected chi connectivity index (χ0v) is 17.4. The Morgan fingerprint density at radius 2 is 1.85 bits per heavy atom. The maximum atomic E-state index is 13.6. The molecule has 2 aromatic rings. The quantitative estimate of drug-likeness (QED) is 0.777. The lowest BCUT2D eigenvalue weighted by Gasteiger charge is -2.60. The molecule has 2 atom stereocenters. The van der Waals surface area contributed by atoms with Crippen molar-refractivity contribution in [2.75, 3.05) is 5.32 Å². The summed E-state index contributed by atoms with van der Waals surface area (Å²) in [5.41, 5.74) is 2.90. The minimum atomic E-state index is -0.281. The Balaban J connectivity index is 1.50. The van der Waals surface area contributed by atoms with Gasteiger partial charge in [0.1, 0.15) is 6.33 Å². The predicted molar refractivity (Wildman–Crippen MR) is 107 cm³/mol. The highest BCUT2D eigenvalue weighted by atomic mass is 79.9. The number of nitrogens with zero attached hydrogens (tertiary/aromatic N) is 3. The minimum Gasteiger partial charge on any atom is -0.325 e. The smallest absolute Gasteiger partial charge is 0.230 e. The molecule has 1 heterocycles. The number of amides is 1. The van der Waals surface area contributed by atoms with Crippen molar-refractivity contribution in [1.29, 1.82) is 0 Å². The van der Waals surface area contributed by atoms with Crippen LogP contribution in [0.15, 0.2) is 29.3 Å². The van der Waals surface area contributed by atoms with Crippen molar-refractivity contribution in [2.24, 2.45) is 17.3 Å². The summed E-state index contributed by atoms with van der Waals surface area (Å²) in [6, 6.07) is 6.18. The SMILES string of the molecule is Cc1cccc(C)c1NC(=O)C12C[C@H]3C[C@H](C1)CC(n1cnc(Br)n1)(C3)C2. The molecular formula is C21H25BrN4O. The van der Waals surface area contributed by atoms with Crippen molar-refractivity contribution >= 4 is 27.5 Å². The molecule has 4 aliphatic rings. The fourth-order valence-corrected chi connectivity index (χ4v) is 6.74. The summed E-state index contributed by atoms with van der Waals surface area (Å²) >= 11 is 3.39. The molecule has 0 saturated heterocycles. The highest BCUT2D eigenvalue weighted by molar-refractivity contribution is 9.10. The third kappa shape index (κ3) is 2.67. The van der Waals surface area contributed by atoms with E-state index in [9.17, 15) is 4.79 Å². The monoisotopic (exact) mass is 428 g/mol. The van der Waals surface area contributed by atoms with Gasteiger partial charge in [-0.1, -0.05) is 18.2 Å². The van der Waals surface area contributed by atoms with Gasteiger partial charge in [0.2, 0.25) is 10.6 Å². The van der Waals surface area contributed by atoms with E-state index in [0.29, 0.717) is 16.6 Å². The van der Waals surface area contributed by atoms with Gasteiger partial charge in [-0.05, 0) is 91.3 Å². The van der Waals surface area contributed by atoms with E-state index in [1.54, 1.807) is 0 Å². The number of nitrogens with one attached hydrogen (secondary N) is 1. The van der Waals surface area contributed by atoms with Crippen LogP contribution in [0.1, 0.15) is 49.7 Å². The topological polar surface area (TPSA) is 59.8 Å². The number of anilines is 1. The van der Waals surface area contributed by atoms with E-state index < -0.39 is 0 Å². The Bertz CT molecular complexity index is 886. The van der Waals surface area contributed by atoms with E-state index in [0.717, 1.165) is 48.9 Å². The van der Waals surface area contributed by atoms with Crippen LogP contribution < -0.4 is 5.32 Å². The van der Waals surface area contributed by atoms with Crippen molar-refractivity contribution < 1.29 is 4.79 Å². The number of hydrogen-bond donors (Lipinski definition) is 1. The first-order valence-corrected chi connectivity index (χ1v) is 10.6. The first-order chi connectivity index (χ1) is 12.9. The molecular weight excluding hydrogens is 404 g/mol. The predicted octanol–water partition coefficient (Wildman–Crippen LogP) is 4.59. The second-order valence-electron chi connectivity index (χ2n) is 9.14. The van der Waals surface area contributed by atoms with E-state index in [4.69, 9.17) is 0 Å². The Kier molecular flexibility index (Phi) is 3.81. The number of hydrogen-bond acceptors (Lipinski definition) is 3. The van der Waals surface area contributed by atoms with Gasteiger partial charge in [0.25, 0.3) is 0 Å². The molecule has 1 amide bonds. The number of aromatic nitrogens is 3. The Morgan fingerprint density at radius 1 is 1.19 bits per heavy atom. The third-order valence-electron chi connectivity index (χ3n) is 7.18. The standard InChI is InChI=1S/C21H25BrN4O/c1-13-4-3-5-14(2)17(13)24-18(27)20-7-15-6-16(8-20)10-21(9-15,11-20)26-12-23-19(22)25-26/h3-5,12,15-16H,6-11H2,1-2H3,(H,24,27)/t15-,16-,20?,21?/m1/s1. The van der Waals surface area contributed by atoms with Gasteiger partial charge in [-0.3, -0.25) is 4.79 Å². The molecule has 1 aromatic carbocycles. The van der Waals surface area contributed by atoms with Crippen LogP contribution >= 0.6 is 15.9 Å². The van der Waals surface area contributed by atoms with Crippen LogP contribution in [-0.4, -0.2) is 20.7 Å². The molecule has 4 saturated carbocycles. The first kappa shape index (κ1) is 17.4. The molecule has 27 heavy (non-hydrogen) atoms. The Morgan fingerprint density at radius 3 is 2.44 bits per heavy atom. The molecule has 0 spiro atoms. The molecule has 6 heteroatoms. The van der Waals surface area contributed by atoms with Crippen LogP contribution in [0.3, 0.4) is 0 Å². The summed E-state index contributed by atoms with van der Waals surface area (Å²) in [7, 11) is 0. The largest absolute Gasteiger partial charge is 0.325 e. The zero-order chi connectivity index (χ0) is 18.8. The molecule has 0 radical (unpaired) electrons. The highest BCUT2D eigenvalue weighted by Gasteiger charge is 2.61. The van der Waals surface area contributed by atoms with Crippen molar-refractivity contribution in [3.8, 4) is 0 Å². The first-order valence-electron chi connectivity index (χ1n) is 9.85. The zero-order valence-electron chi connectivity index (χ0n) is 15.8. The molecule has 1 N–H and O–H groups in total. The number of carbonyl (C=O) groups excluding carboxylic acids is 1. The Hall–Kier alpha value is -1.69. The molecule has 4 fully saturated rings. The fraction of sp³-hybridized carbons (Fsp3) is 0.571. The maximum Gasteiger partial charge on any atom is 0.230 e. The van der Waals surface area contributed by atoms with Crippen LogP contribution in [0.4, 0.5) is 5.69 Å². The molecule has 142 valence electrons. The van der Waals surface area contributed by atoms with Gasteiger partial charge in [-0.2, -0.15) is 0 Å². The van der Waals surface area contributed by atoms with Crippen LogP contribution in [-0.2, 0) is 10.3 Å². The van der Waals surface area contributed by atoms with Crippen LogP contribution in [0.25, 0.3) is 0 Å². The van der Waals surface area contributed by atoms with Crippen LogP contribution in [0.5, 0.6) is 0 Å².